The lowest BCUT2D eigenvalue weighted by atomic mass is 9.75. The monoisotopic (exact) mass is 303 g/mol. The summed E-state index contributed by atoms with van der Waals surface area (Å²) in [5.74, 6) is 0.374. The topological polar surface area (TPSA) is 55.5 Å². The normalized spacial score (nSPS) is 25.9. The van der Waals surface area contributed by atoms with Crippen molar-refractivity contribution in [2.45, 2.75) is 62.9 Å². The molecule has 1 aliphatic carbocycles. The van der Waals surface area contributed by atoms with Gasteiger partial charge in [-0.25, -0.2) is 0 Å². The van der Waals surface area contributed by atoms with E-state index >= 15 is 0 Å². The summed E-state index contributed by atoms with van der Waals surface area (Å²) in [4.78, 5) is 0. The molecule has 0 aromatic heterocycles. The minimum absolute atomic E-state index is 0.122. The van der Waals surface area contributed by atoms with Crippen LogP contribution < -0.4 is 5.73 Å². The molecular weight excluding hydrogens is 274 g/mol. The van der Waals surface area contributed by atoms with Gasteiger partial charge in [-0.15, -0.1) is 0 Å². The van der Waals surface area contributed by atoms with Crippen LogP contribution in [0.2, 0.25) is 0 Å². The van der Waals surface area contributed by atoms with E-state index in [1.54, 1.807) is 0 Å². The zero-order valence-corrected chi connectivity index (χ0v) is 13.5. The van der Waals surface area contributed by atoms with Gasteiger partial charge < -0.3 is 15.6 Å². The van der Waals surface area contributed by atoms with Crippen molar-refractivity contribution in [2.24, 2.45) is 5.73 Å². The molecule has 1 aromatic carbocycles. The molecule has 22 heavy (non-hydrogen) atoms. The Morgan fingerprint density at radius 2 is 2.14 bits per heavy atom. The number of hydrogen-bond acceptors (Lipinski definition) is 3. The summed E-state index contributed by atoms with van der Waals surface area (Å²) >= 11 is 0. The van der Waals surface area contributed by atoms with Crippen LogP contribution in [0.4, 0.5) is 0 Å². The third kappa shape index (κ3) is 3.37. The first kappa shape index (κ1) is 16.0. The Morgan fingerprint density at radius 1 is 1.23 bits per heavy atom. The van der Waals surface area contributed by atoms with E-state index in [0.29, 0.717) is 12.5 Å². The first-order chi connectivity index (χ1) is 10.8. The van der Waals surface area contributed by atoms with Gasteiger partial charge in [0.25, 0.3) is 0 Å². The number of rotatable bonds is 5. The van der Waals surface area contributed by atoms with Gasteiger partial charge in [-0.1, -0.05) is 18.2 Å². The minimum Gasteiger partial charge on any atom is -0.396 e. The fourth-order valence-corrected chi connectivity index (χ4v) is 4.11. The summed E-state index contributed by atoms with van der Waals surface area (Å²) in [6.07, 6.45) is 8.91. The summed E-state index contributed by atoms with van der Waals surface area (Å²) in [5.41, 5.74) is 10.3. The Morgan fingerprint density at radius 3 is 2.86 bits per heavy atom. The number of ether oxygens (including phenoxy) is 1. The molecule has 3 rings (SSSR count). The number of aliphatic hydroxyl groups is 1. The van der Waals surface area contributed by atoms with Gasteiger partial charge in [0.15, 0.2) is 0 Å². The van der Waals surface area contributed by atoms with Gasteiger partial charge in [-0.05, 0) is 74.1 Å². The smallest absolute Gasteiger partial charge is 0.0726 e. The van der Waals surface area contributed by atoms with Crippen molar-refractivity contribution >= 4 is 0 Å². The van der Waals surface area contributed by atoms with E-state index in [0.717, 1.165) is 38.7 Å². The van der Waals surface area contributed by atoms with E-state index in [4.69, 9.17) is 15.6 Å². The lowest BCUT2D eigenvalue weighted by Gasteiger charge is -2.41. The van der Waals surface area contributed by atoms with Gasteiger partial charge in [0.1, 0.15) is 0 Å². The largest absolute Gasteiger partial charge is 0.396 e. The standard InChI is InChI=1S/C19H29NO2/c20-14-18(4-3-10-21)15-5-6-17-13-19(8-1-2-11-22-19)9-7-16(17)12-15/h5-6,12,18,21H,1-4,7-11,13-14,20H2/t18-,19?/m0/s1. The van der Waals surface area contributed by atoms with Gasteiger partial charge in [0.05, 0.1) is 5.60 Å². The molecule has 1 fully saturated rings. The highest BCUT2D eigenvalue weighted by Crippen LogP contribution is 2.38. The molecule has 3 N–H and O–H groups in total. The first-order valence-electron chi connectivity index (χ1n) is 8.83. The second kappa shape index (κ2) is 7.12. The van der Waals surface area contributed by atoms with E-state index in [9.17, 15) is 0 Å². The van der Waals surface area contributed by atoms with Crippen molar-refractivity contribution < 1.29 is 9.84 Å². The minimum atomic E-state index is 0.122. The van der Waals surface area contributed by atoms with Crippen LogP contribution in [0.25, 0.3) is 0 Å². The molecule has 2 aliphatic rings. The van der Waals surface area contributed by atoms with E-state index in [2.05, 4.69) is 18.2 Å². The average molecular weight is 303 g/mol. The molecule has 0 bridgehead atoms. The maximum Gasteiger partial charge on any atom is 0.0726 e. The van der Waals surface area contributed by atoms with Gasteiger partial charge in [-0.2, -0.15) is 0 Å². The summed E-state index contributed by atoms with van der Waals surface area (Å²) in [7, 11) is 0. The van der Waals surface area contributed by atoms with Gasteiger partial charge in [0, 0.05) is 19.6 Å². The molecule has 122 valence electrons. The molecule has 1 saturated heterocycles. The Bertz CT molecular complexity index is 494. The molecular formula is C19H29NO2. The van der Waals surface area contributed by atoms with Crippen molar-refractivity contribution in [3.63, 3.8) is 0 Å². The van der Waals surface area contributed by atoms with Gasteiger partial charge in [-0.3, -0.25) is 0 Å². The maximum absolute atomic E-state index is 9.04. The highest BCUT2D eigenvalue weighted by atomic mass is 16.5. The van der Waals surface area contributed by atoms with Crippen LogP contribution >= 0.6 is 0 Å². The van der Waals surface area contributed by atoms with Gasteiger partial charge >= 0.3 is 0 Å². The Balaban J connectivity index is 1.75. The molecule has 1 aliphatic heterocycles. The molecule has 1 aromatic rings. The van der Waals surface area contributed by atoms with Crippen molar-refractivity contribution in [2.75, 3.05) is 19.8 Å². The maximum atomic E-state index is 9.04. The first-order valence-corrected chi connectivity index (χ1v) is 8.83. The molecule has 0 saturated carbocycles. The van der Waals surface area contributed by atoms with Crippen LogP contribution in [0.15, 0.2) is 18.2 Å². The molecule has 0 radical (unpaired) electrons. The highest BCUT2D eigenvalue weighted by molar-refractivity contribution is 5.37. The third-order valence-corrected chi connectivity index (χ3v) is 5.49. The predicted molar refractivity (Wildman–Crippen MR) is 89.1 cm³/mol. The lowest BCUT2D eigenvalue weighted by molar-refractivity contribution is -0.0861. The van der Waals surface area contributed by atoms with E-state index in [1.807, 2.05) is 0 Å². The molecule has 3 nitrogen and oxygen atoms in total. The van der Waals surface area contributed by atoms with Crippen LogP contribution in [0, 0.1) is 0 Å². The van der Waals surface area contributed by atoms with Crippen molar-refractivity contribution in [1.82, 2.24) is 0 Å². The number of aryl methyl sites for hydroxylation is 1. The fraction of sp³-hybridized carbons (Fsp3) is 0.684. The molecule has 3 heteroatoms. The van der Waals surface area contributed by atoms with Crippen LogP contribution in [0.3, 0.4) is 0 Å². The summed E-state index contributed by atoms with van der Waals surface area (Å²) < 4.78 is 6.17. The second-order valence-corrected chi connectivity index (χ2v) is 6.99. The second-order valence-electron chi connectivity index (χ2n) is 6.99. The number of fused-ring (bicyclic) bond motifs is 1. The molecule has 1 spiro atoms. The van der Waals surface area contributed by atoms with Crippen molar-refractivity contribution in [3.05, 3.63) is 34.9 Å². The van der Waals surface area contributed by atoms with Crippen molar-refractivity contribution in [3.8, 4) is 0 Å². The van der Waals surface area contributed by atoms with Crippen LogP contribution in [-0.2, 0) is 17.6 Å². The lowest BCUT2D eigenvalue weighted by Crippen LogP contribution is -2.41. The molecule has 0 amide bonds. The number of aliphatic hydroxyl groups excluding tert-OH is 1. The molecule has 2 atom stereocenters. The van der Waals surface area contributed by atoms with E-state index in [1.165, 1.54) is 36.0 Å². The third-order valence-electron chi connectivity index (χ3n) is 5.49. The fourth-order valence-electron chi connectivity index (χ4n) is 4.11. The van der Waals surface area contributed by atoms with E-state index < -0.39 is 0 Å². The van der Waals surface area contributed by atoms with E-state index in [-0.39, 0.29) is 12.2 Å². The van der Waals surface area contributed by atoms with Crippen LogP contribution in [0.1, 0.15) is 61.1 Å². The zero-order chi connectivity index (χ0) is 15.4. The summed E-state index contributed by atoms with van der Waals surface area (Å²) in [6.45, 7) is 1.84. The van der Waals surface area contributed by atoms with Gasteiger partial charge in [0.2, 0.25) is 0 Å². The SMILES string of the molecule is NC[C@H](CCCO)c1ccc2c(c1)CCC1(CCCCO1)C2. The summed E-state index contributed by atoms with van der Waals surface area (Å²) in [6, 6.07) is 6.90. The average Bonchev–Trinajstić information content (AvgIpc) is 2.56. The zero-order valence-electron chi connectivity index (χ0n) is 13.5. The highest BCUT2D eigenvalue weighted by Gasteiger charge is 2.36. The van der Waals surface area contributed by atoms with Crippen molar-refractivity contribution in [1.29, 1.82) is 0 Å². The Hall–Kier alpha value is -0.900. The Labute approximate surface area is 133 Å². The summed E-state index contributed by atoms with van der Waals surface area (Å²) in [5, 5.41) is 9.04. The van der Waals surface area contributed by atoms with Crippen LogP contribution in [-0.4, -0.2) is 30.5 Å². The molecule has 1 unspecified atom stereocenters. The number of benzene rings is 1. The van der Waals surface area contributed by atoms with Crippen LogP contribution in [0.5, 0.6) is 0 Å². The number of nitrogens with two attached hydrogens (primary N) is 1. The molecule has 1 heterocycles. The number of hydrogen-bond donors (Lipinski definition) is 2. The quantitative estimate of drug-likeness (QED) is 0.879. The Kier molecular flexibility index (Phi) is 5.17. The predicted octanol–water partition coefficient (Wildman–Crippen LogP) is 2.93.